The van der Waals surface area contributed by atoms with Crippen LogP contribution in [0.4, 0.5) is 0 Å². The van der Waals surface area contributed by atoms with Gasteiger partial charge in [-0.3, -0.25) is 0 Å². The van der Waals surface area contributed by atoms with Gasteiger partial charge in [0.05, 0.1) is 6.08 Å². The van der Waals surface area contributed by atoms with E-state index in [0.717, 1.165) is 0 Å². The van der Waals surface area contributed by atoms with Crippen LogP contribution in [0.2, 0.25) is 0 Å². The zero-order valence-electron chi connectivity index (χ0n) is 6.34. The van der Waals surface area contributed by atoms with E-state index in [-0.39, 0.29) is 0 Å². The minimum atomic E-state index is 0.548. The lowest BCUT2D eigenvalue weighted by Gasteiger charge is -2.07. The molecule has 1 aliphatic rings. The second-order valence-corrected chi connectivity index (χ2v) is 2.75. The van der Waals surface area contributed by atoms with Crippen molar-refractivity contribution in [1.82, 2.24) is 0 Å². The number of allylic oxidation sites excluding steroid dienone is 1. The zero-order valence-corrected chi connectivity index (χ0v) is 6.34. The highest BCUT2D eigenvalue weighted by Gasteiger charge is 2.19. The third-order valence-electron chi connectivity index (χ3n) is 1.92. The SMILES string of the molecule is C=CC#[N+]C1CCCCC1. The molecule has 0 N–H and O–H groups in total. The van der Waals surface area contributed by atoms with Crippen LogP contribution < -0.4 is 0 Å². The van der Waals surface area contributed by atoms with Crippen LogP contribution in [-0.2, 0) is 0 Å². The van der Waals surface area contributed by atoms with Crippen molar-refractivity contribution in [3.8, 4) is 6.07 Å². The van der Waals surface area contributed by atoms with Gasteiger partial charge in [0.1, 0.15) is 0 Å². The van der Waals surface area contributed by atoms with E-state index in [9.17, 15) is 0 Å². The van der Waals surface area contributed by atoms with Crippen molar-refractivity contribution in [2.24, 2.45) is 0 Å². The van der Waals surface area contributed by atoms with Gasteiger partial charge in [-0.2, -0.15) is 0 Å². The van der Waals surface area contributed by atoms with E-state index in [1.54, 1.807) is 6.08 Å². The molecule has 0 aromatic rings. The molecular formula is C9H14N+. The Labute approximate surface area is 62.6 Å². The summed E-state index contributed by atoms with van der Waals surface area (Å²) in [5.41, 5.74) is 0. The van der Waals surface area contributed by atoms with Gasteiger partial charge in [-0.25, -0.2) is 0 Å². The van der Waals surface area contributed by atoms with Crippen LogP contribution in [0.25, 0.3) is 4.85 Å². The number of hydrogen-bond acceptors (Lipinski definition) is 0. The number of nitrogens with zero attached hydrogens (tertiary/aromatic N) is 1. The monoisotopic (exact) mass is 136 g/mol. The second-order valence-electron chi connectivity index (χ2n) is 2.75. The molecule has 54 valence electrons. The molecule has 0 aliphatic heterocycles. The fraction of sp³-hybridized carbons (Fsp3) is 0.667. The molecule has 0 radical (unpaired) electrons. The summed E-state index contributed by atoms with van der Waals surface area (Å²) in [6, 6.07) is 3.35. The first-order valence-corrected chi connectivity index (χ1v) is 4.00. The summed E-state index contributed by atoms with van der Waals surface area (Å²) in [6.07, 6.45) is 8.20. The average molecular weight is 136 g/mol. The van der Waals surface area contributed by atoms with Crippen LogP contribution in [-0.4, -0.2) is 6.04 Å². The molecule has 0 aromatic carbocycles. The van der Waals surface area contributed by atoms with E-state index >= 15 is 0 Å². The summed E-state index contributed by atoms with van der Waals surface area (Å²) in [6.45, 7) is 3.54. The van der Waals surface area contributed by atoms with Crippen LogP contribution in [0.1, 0.15) is 32.1 Å². The molecule has 1 aliphatic carbocycles. The minimum absolute atomic E-state index is 0.548. The van der Waals surface area contributed by atoms with Crippen LogP contribution in [0, 0.1) is 6.07 Å². The van der Waals surface area contributed by atoms with Crippen molar-refractivity contribution in [3.63, 3.8) is 0 Å². The molecule has 0 unspecified atom stereocenters. The van der Waals surface area contributed by atoms with E-state index in [1.807, 2.05) is 0 Å². The molecular weight excluding hydrogens is 122 g/mol. The Morgan fingerprint density at radius 1 is 1.30 bits per heavy atom. The number of hydrogen-bond donors (Lipinski definition) is 0. The zero-order chi connectivity index (χ0) is 7.23. The molecule has 0 spiro atoms. The summed E-state index contributed by atoms with van der Waals surface area (Å²) in [5.74, 6) is 0. The van der Waals surface area contributed by atoms with Crippen LogP contribution in [0.15, 0.2) is 12.7 Å². The van der Waals surface area contributed by atoms with Crippen LogP contribution in [0.3, 0.4) is 0 Å². The highest BCUT2D eigenvalue weighted by Crippen LogP contribution is 2.19. The van der Waals surface area contributed by atoms with Crippen LogP contribution >= 0.6 is 0 Å². The maximum Gasteiger partial charge on any atom is 0.302 e. The Kier molecular flexibility index (Phi) is 3.02. The lowest BCUT2D eigenvalue weighted by molar-refractivity contribution is 0.480. The van der Waals surface area contributed by atoms with Gasteiger partial charge in [-0.1, -0.05) is 17.8 Å². The summed E-state index contributed by atoms with van der Waals surface area (Å²) >= 11 is 0. The predicted octanol–water partition coefficient (Wildman–Crippen LogP) is 2.84. The fourth-order valence-corrected chi connectivity index (χ4v) is 1.37. The highest BCUT2D eigenvalue weighted by atomic mass is 14.7. The van der Waals surface area contributed by atoms with Gasteiger partial charge in [-0.05, 0) is 12.8 Å². The molecule has 0 atom stereocenters. The third-order valence-corrected chi connectivity index (χ3v) is 1.92. The molecule has 0 bridgehead atoms. The molecule has 1 saturated carbocycles. The molecule has 0 aromatic heterocycles. The Morgan fingerprint density at radius 3 is 2.60 bits per heavy atom. The van der Waals surface area contributed by atoms with Crippen molar-refractivity contribution in [2.75, 3.05) is 0 Å². The van der Waals surface area contributed by atoms with E-state index in [1.165, 1.54) is 32.1 Å². The molecule has 0 heterocycles. The lowest BCUT2D eigenvalue weighted by Crippen LogP contribution is -2.06. The van der Waals surface area contributed by atoms with Gasteiger partial charge >= 0.3 is 6.07 Å². The topological polar surface area (TPSA) is 4.36 Å². The van der Waals surface area contributed by atoms with E-state index in [2.05, 4.69) is 17.5 Å². The van der Waals surface area contributed by atoms with Gasteiger partial charge < -0.3 is 0 Å². The molecule has 1 nitrogen and oxygen atoms in total. The molecule has 1 fully saturated rings. The Bertz CT molecular complexity index is 155. The Balaban J connectivity index is 2.32. The van der Waals surface area contributed by atoms with E-state index in [4.69, 9.17) is 0 Å². The van der Waals surface area contributed by atoms with Crippen molar-refractivity contribution >= 4 is 0 Å². The van der Waals surface area contributed by atoms with Crippen molar-refractivity contribution in [1.29, 1.82) is 0 Å². The average Bonchev–Trinajstić information content (AvgIpc) is 2.03. The first kappa shape index (κ1) is 7.34. The number of rotatable bonds is 0. The first-order valence-electron chi connectivity index (χ1n) is 4.00. The largest absolute Gasteiger partial charge is 0.302 e. The summed E-state index contributed by atoms with van der Waals surface area (Å²) in [5, 5.41) is 0. The van der Waals surface area contributed by atoms with E-state index < -0.39 is 0 Å². The smallest absolute Gasteiger partial charge is 0.0842 e. The van der Waals surface area contributed by atoms with Gasteiger partial charge in [0.2, 0.25) is 0 Å². The Morgan fingerprint density at radius 2 is 2.00 bits per heavy atom. The maximum atomic E-state index is 4.23. The van der Waals surface area contributed by atoms with Crippen molar-refractivity contribution < 1.29 is 0 Å². The van der Waals surface area contributed by atoms with Crippen LogP contribution in [0.5, 0.6) is 0 Å². The Hall–Kier alpha value is -0.770. The van der Waals surface area contributed by atoms with Gasteiger partial charge in [0.15, 0.2) is 0 Å². The molecule has 10 heavy (non-hydrogen) atoms. The quantitative estimate of drug-likeness (QED) is 0.451. The summed E-state index contributed by atoms with van der Waals surface area (Å²) in [4.78, 5) is 4.23. The fourth-order valence-electron chi connectivity index (χ4n) is 1.37. The lowest BCUT2D eigenvalue weighted by atomic mass is 9.96. The highest BCUT2D eigenvalue weighted by molar-refractivity contribution is 5.06. The molecule has 1 heteroatoms. The maximum absolute atomic E-state index is 4.23. The predicted molar refractivity (Wildman–Crippen MR) is 44.3 cm³/mol. The molecule has 0 amide bonds. The normalized spacial score (nSPS) is 19.2. The van der Waals surface area contributed by atoms with Gasteiger partial charge in [0.25, 0.3) is 6.04 Å². The molecule has 0 saturated heterocycles. The van der Waals surface area contributed by atoms with Gasteiger partial charge in [0, 0.05) is 12.8 Å². The van der Waals surface area contributed by atoms with E-state index in [0.29, 0.717) is 6.04 Å². The second kappa shape index (κ2) is 4.11. The standard InChI is InChI=1S/C9H14N/c1-2-8-10-9-6-4-3-5-7-9/h2,9H,1,3-7H2/q+1. The third kappa shape index (κ3) is 2.23. The first-order chi connectivity index (χ1) is 4.93. The van der Waals surface area contributed by atoms with Gasteiger partial charge in [-0.15, -0.1) is 0 Å². The van der Waals surface area contributed by atoms with Crippen molar-refractivity contribution in [3.05, 3.63) is 17.5 Å². The minimum Gasteiger partial charge on any atom is -0.0842 e. The summed E-state index contributed by atoms with van der Waals surface area (Å²) in [7, 11) is 0. The molecule has 1 rings (SSSR count). The summed E-state index contributed by atoms with van der Waals surface area (Å²) < 4.78 is 0. The van der Waals surface area contributed by atoms with Crippen molar-refractivity contribution in [2.45, 2.75) is 38.1 Å².